The second kappa shape index (κ2) is 19.6. The average molecular weight is 766 g/mol. The lowest BCUT2D eigenvalue weighted by Gasteiger charge is -2.43. The minimum Gasteiger partial charge on any atom is -0.463 e. The Labute approximate surface area is 313 Å². The number of carbonyl (C=O) groups is 3. The Balaban J connectivity index is 1.19. The van der Waals surface area contributed by atoms with E-state index in [2.05, 4.69) is 32.8 Å². The number of ether oxygens (including phenoxy) is 9. The van der Waals surface area contributed by atoms with Crippen LogP contribution in [0.2, 0.25) is 5.28 Å². The molecule has 3 fully saturated rings. The molecule has 8 atom stereocenters. The molecular formula is C35H48ClN5O12. The number of nitrogens with zero attached hydrogens (tertiary/aromatic N) is 5. The SMILES string of the molecule is C#CCOCCOCCOCCOCCOC1C2CC[C@@H]1CN(c1nc(Cl)nc3c1cnn3[C@@H]1O[C@H](COC(C)=O)[C@@H](OC(C)=O)[C@H]1OC(C)=O)[C@H]2C. The van der Waals surface area contributed by atoms with E-state index >= 15 is 0 Å². The minimum absolute atomic E-state index is 0.0125. The molecule has 3 aliphatic rings. The van der Waals surface area contributed by atoms with Crippen molar-refractivity contribution in [2.45, 2.75) is 77.2 Å². The lowest BCUT2D eigenvalue weighted by atomic mass is 9.88. The molecule has 0 radical (unpaired) electrons. The monoisotopic (exact) mass is 765 g/mol. The molecule has 2 bridgehead atoms. The smallest absolute Gasteiger partial charge is 0.303 e. The van der Waals surface area contributed by atoms with E-state index in [4.69, 9.17) is 60.7 Å². The fourth-order valence-electron chi connectivity index (χ4n) is 7.20. The third kappa shape index (κ3) is 10.5. The Hall–Kier alpha value is -3.63. The number of esters is 3. The third-order valence-electron chi connectivity index (χ3n) is 9.40. The Morgan fingerprint density at radius 3 is 2.17 bits per heavy atom. The topological polar surface area (TPSA) is 181 Å². The van der Waals surface area contributed by atoms with Crippen molar-refractivity contribution >= 4 is 46.4 Å². The van der Waals surface area contributed by atoms with E-state index in [1.165, 1.54) is 25.5 Å². The number of carbonyl (C=O) groups excluding carboxylic acids is 3. The molecule has 0 spiro atoms. The highest BCUT2D eigenvalue weighted by atomic mass is 35.5. The maximum Gasteiger partial charge on any atom is 0.303 e. The van der Waals surface area contributed by atoms with Crippen LogP contribution in [0.3, 0.4) is 0 Å². The molecule has 2 aromatic heterocycles. The summed E-state index contributed by atoms with van der Waals surface area (Å²) in [5, 5.41) is 5.16. The summed E-state index contributed by atoms with van der Waals surface area (Å²) < 4.78 is 52.1. The number of aromatic nitrogens is 4. The van der Waals surface area contributed by atoms with E-state index in [0.717, 1.165) is 12.8 Å². The lowest BCUT2D eigenvalue weighted by molar-refractivity contribution is -0.166. The molecule has 0 amide bonds. The molecule has 2 aromatic rings. The molecule has 292 valence electrons. The van der Waals surface area contributed by atoms with Crippen LogP contribution in [0.5, 0.6) is 0 Å². The normalized spacial score (nSPS) is 26.5. The second-order valence-corrected chi connectivity index (χ2v) is 13.3. The van der Waals surface area contributed by atoms with Gasteiger partial charge in [-0.05, 0) is 31.4 Å². The van der Waals surface area contributed by atoms with Crippen LogP contribution in [0, 0.1) is 24.2 Å². The largest absolute Gasteiger partial charge is 0.463 e. The zero-order valence-corrected chi connectivity index (χ0v) is 31.2. The summed E-state index contributed by atoms with van der Waals surface area (Å²) in [6.45, 7) is 10.3. The molecule has 5 rings (SSSR count). The molecule has 2 unspecified atom stereocenters. The summed E-state index contributed by atoms with van der Waals surface area (Å²) in [6, 6.07) is 0.0506. The van der Waals surface area contributed by atoms with Gasteiger partial charge in [0.15, 0.2) is 24.1 Å². The van der Waals surface area contributed by atoms with Gasteiger partial charge in [0.05, 0.1) is 70.5 Å². The number of halogens is 1. The van der Waals surface area contributed by atoms with Gasteiger partial charge in [-0.2, -0.15) is 15.1 Å². The standard InChI is InChI=1S/C35H48ClN5O12/c1-6-9-45-10-11-46-12-13-47-14-15-48-16-17-49-29-25-7-8-26(29)21(2)40(19-25)32-27-18-37-41(33(27)39-35(36)38-32)34-31(52-24(5)44)30(51-23(4)43)28(53-34)20-50-22(3)42/h1,18,21,25-26,28-31,34H,7-17,19-20H2,2-5H3/t21-,25+,26?,28+,29?,30+,31+,34+/m0/s1. The van der Waals surface area contributed by atoms with Crippen LogP contribution in [0.15, 0.2) is 6.20 Å². The highest BCUT2D eigenvalue weighted by Gasteiger charge is 2.52. The maximum absolute atomic E-state index is 12.2. The fraction of sp³-hybridized carbons (Fsp3) is 0.714. The van der Waals surface area contributed by atoms with E-state index in [-0.39, 0.29) is 42.5 Å². The van der Waals surface area contributed by atoms with Gasteiger partial charge in [0.1, 0.15) is 25.1 Å². The molecule has 4 heterocycles. The minimum atomic E-state index is -1.13. The number of terminal acetylenes is 1. The van der Waals surface area contributed by atoms with Crippen LogP contribution in [-0.4, -0.2) is 141 Å². The van der Waals surface area contributed by atoms with Crippen LogP contribution >= 0.6 is 11.6 Å². The van der Waals surface area contributed by atoms with Gasteiger partial charge in [0.2, 0.25) is 5.28 Å². The Morgan fingerprint density at radius 2 is 1.53 bits per heavy atom. The van der Waals surface area contributed by atoms with Crippen molar-refractivity contribution in [2.24, 2.45) is 11.8 Å². The van der Waals surface area contributed by atoms with Crippen molar-refractivity contribution in [1.82, 2.24) is 19.7 Å². The molecule has 2 saturated heterocycles. The molecule has 0 N–H and O–H groups in total. The summed E-state index contributed by atoms with van der Waals surface area (Å²) in [6.07, 6.45) is 4.55. The molecule has 2 aliphatic heterocycles. The van der Waals surface area contributed by atoms with E-state index in [9.17, 15) is 14.4 Å². The lowest BCUT2D eigenvalue weighted by Crippen LogP contribution is -2.52. The molecular weight excluding hydrogens is 718 g/mol. The van der Waals surface area contributed by atoms with Gasteiger partial charge in [0.25, 0.3) is 0 Å². The third-order valence-corrected chi connectivity index (χ3v) is 9.57. The van der Waals surface area contributed by atoms with E-state index in [1.807, 2.05) is 0 Å². The highest BCUT2D eigenvalue weighted by Crippen LogP contribution is 2.45. The van der Waals surface area contributed by atoms with Gasteiger partial charge >= 0.3 is 17.9 Å². The molecule has 53 heavy (non-hydrogen) atoms. The zero-order valence-electron chi connectivity index (χ0n) is 30.5. The maximum atomic E-state index is 12.2. The van der Waals surface area contributed by atoms with E-state index in [1.54, 1.807) is 6.20 Å². The summed E-state index contributed by atoms with van der Waals surface area (Å²) in [7, 11) is 0. The van der Waals surface area contributed by atoms with E-state index < -0.39 is 42.4 Å². The second-order valence-electron chi connectivity index (χ2n) is 13.0. The van der Waals surface area contributed by atoms with Crippen LogP contribution in [0.1, 0.15) is 46.8 Å². The van der Waals surface area contributed by atoms with E-state index in [0.29, 0.717) is 76.3 Å². The summed E-state index contributed by atoms with van der Waals surface area (Å²) in [5.41, 5.74) is 0.328. The summed E-state index contributed by atoms with van der Waals surface area (Å²) in [4.78, 5) is 47.2. The van der Waals surface area contributed by atoms with Gasteiger partial charge in [-0.1, -0.05) is 5.92 Å². The van der Waals surface area contributed by atoms with Crippen LogP contribution in [0.4, 0.5) is 5.82 Å². The average Bonchev–Trinajstić information content (AvgIpc) is 3.77. The number of anilines is 1. The Morgan fingerprint density at radius 1 is 0.887 bits per heavy atom. The quantitative estimate of drug-likeness (QED) is 0.0628. The number of hydrogen-bond acceptors (Lipinski definition) is 16. The molecule has 17 nitrogen and oxygen atoms in total. The number of piperidine rings is 1. The van der Waals surface area contributed by atoms with Gasteiger partial charge in [0, 0.05) is 45.2 Å². The van der Waals surface area contributed by atoms with Crippen molar-refractivity contribution < 1.29 is 57.0 Å². The van der Waals surface area contributed by atoms with Gasteiger partial charge in [-0.25, -0.2) is 4.68 Å². The van der Waals surface area contributed by atoms with Crippen molar-refractivity contribution in [3.8, 4) is 12.3 Å². The first-order valence-electron chi connectivity index (χ1n) is 17.8. The van der Waals surface area contributed by atoms with Crippen LogP contribution in [0.25, 0.3) is 11.0 Å². The molecule has 1 aliphatic carbocycles. The molecule has 18 heteroatoms. The highest BCUT2D eigenvalue weighted by molar-refractivity contribution is 6.28. The summed E-state index contributed by atoms with van der Waals surface area (Å²) >= 11 is 6.54. The van der Waals surface area contributed by atoms with Gasteiger partial charge < -0.3 is 47.5 Å². The van der Waals surface area contributed by atoms with Gasteiger partial charge in [-0.15, -0.1) is 6.42 Å². The zero-order chi connectivity index (χ0) is 37.9. The van der Waals surface area contributed by atoms with Crippen molar-refractivity contribution in [3.63, 3.8) is 0 Å². The van der Waals surface area contributed by atoms with Crippen LogP contribution in [-0.2, 0) is 57.0 Å². The van der Waals surface area contributed by atoms with Crippen molar-refractivity contribution in [1.29, 1.82) is 0 Å². The molecule has 1 saturated carbocycles. The van der Waals surface area contributed by atoms with Crippen molar-refractivity contribution in [2.75, 3.05) is 77.5 Å². The first-order valence-corrected chi connectivity index (χ1v) is 18.1. The summed E-state index contributed by atoms with van der Waals surface area (Å²) in [5.74, 6) is 1.69. The number of rotatable bonds is 20. The Bertz CT molecular complexity index is 1590. The Kier molecular flexibility index (Phi) is 15.0. The molecule has 0 aromatic carbocycles. The number of fused-ring (bicyclic) bond motifs is 3. The van der Waals surface area contributed by atoms with Gasteiger partial charge in [-0.3, -0.25) is 14.4 Å². The number of hydrogen-bond donors (Lipinski definition) is 0. The first-order chi connectivity index (χ1) is 25.6. The van der Waals surface area contributed by atoms with Crippen molar-refractivity contribution in [3.05, 3.63) is 11.5 Å². The van der Waals surface area contributed by atoms with Crippen LogP contribution < -0.4 is 4.90 Å². The predicted octanol–water partition coefficient (Wildman–Crippen LogP) is 2.12. The fourth-order valence-corrected chi connectivity index (χ4v) is 7.36. The predicted molar refractivity (Wildman–Crippen MR) is 187 cm³/mol. The first kappa shape index (κ1) is 40.6.